The van der Waals surface area contributed by atoms with E-state index >= 15 is 0 Å². The topological polar surface area (TPSA) is 86.8 Å². The highest BCUT2D eigenvalue weighted by molar-refractivity contribution is 5.90. The number of aromatic nitrogens is 1. The Kier molecular flexibility index (Phi) is 8.97. The van der Waals surface area contributed by atoms with Crippen molar-refractivity contribution in [1.29, 1.82) is 0 Å². The fourth-order valence-corrected chi connectivity index (χ4v) is 5.37. The van der Waals surface area contributed by atoms with Crippen molar-refractivity contribution in [3.8, 4) is 5.88 Å². The maximum absolute atomic E-state index is 13.7. The van der Waals surface area contributed by atoms with Crippen LogP contribution in [0.3, 0.4) is 0 Å². The van der Waals surface area contributed by atoms with Crippen LogP contribution in [0.4, 0.5) is 0 Å². The maximum atomic E-state index is 13.7. The van der Waals surface area contributed by atoms with Gasteiger partial charge in [-0.3, -0.25) is 4.79 Å². The van der Waals surface area contributed by atoms with Crippen molar-refractivity contribution in [3.63, 3.8) is 0 Å². The first-order chi connectivity index (χ1) is 17.5. The van der Waals surface area contributed by atoms with Gasteiger partial charge in [-0.15, -0.1) is 0 Å². The number of ether oxygens (including phenoxy) is 3. The van der Waals surface area contributed by atoms with Gasteiger partial charge in [-0.1, -0.05) is 50.3 Å². The first kappa shape index (κ1) is 26.1. The second kappa shape index (κ2) is 12.3. The average Bonchev–Trinajstić information content (AvgIpc) is 2.94. The van der Waals surface area contributed by atoms with Gasteiger partial charge in [0.1, 0.15) is 0 Å². The summed E-state index contributed by atoms with van der Waals surface area (Å²) >= 11 is 0. The standard InChI is InChI=1S/C29H38N2O5/c1-21(23-8-10-24(11-9-23)27(32)34-2)31-28(33)29(15-18-35-19-16-29)25-12-13-26(30-20-25)36-17-14-22-6-4-3-5-7-22/h8-13,20-22H,3-7,14-19H2,1-2H3,(H,31,33)/t21-/m0/s1. The van der Waals surface area contributed by atoms with Crippen molar-refractivity contribution in [2.24, 2.45) is 5.92 Å². The Labute approximate surface area is 213 Å². The number of carbonyl (C=O) groups excluding carboxylic acids is 2. The smallest absolute Gasteiger partial charge is 0.337 e. The lowest BCUT2D eigenvalue weighted by Crippen LogP contribution is -2.48. The van der Waals surface area contributed by atoms with Gasteiger partial charge in [-0.2, -0.15) is 0 Å². The highest BCUT2D eigenvalue weighted by atomic mass is 16.5. The number of esters is 1. The quantitative estimate of drug-likeness (QED) is 0.486. The van der Waals surface area contributed by atoms with Gasteiger partial charge in [0.15, 0.2) is 0 Å². The van der Waals surface area contributed by atoms with Crippen LogP contribution in [0.2, 0.25) is 0 Å². The van der Waals surface area contributed by atoms with E-state index in [1.165, 1.54) is 39.2 Å². The molecule has 1 N–H and O–H groups in total. The number of carbonyl (C=O) groups is 2. The van der Waals surface area contributed by atoms with E-state index in [2.05, 4.69) is 10.3 Å². The van der Waals surface area contributed by atoms with Crippen LogP contribution in [-0.2, 0) is 19.7 Å². The molecule has 1 aliphatic carbocycles. The normalized spacial score (nSPS) is 18.7. The molecule has 0 unspecified atom stereocenters. The number of methoxy groups -OCH3 is 1. The molecule has 1 aliphatic heterocycles. The summed E-state index contributed by atoms with van der Waals surface area (Å²) in [5, 5.41) is 3.18. The molecule has 1 aromatic heterocycles. The van der Waals surface area contributed by atoms with E-state index in [1.807, 2.05) is 31.2 Å². The van der Waals surface area contributed by atoms with Crippen molar-refractivity contribution < 1.29 is 23.8 Å². The van der Waals surface area contributed by atoms with Crippen molar-refractivity contribution >= 4 is 11.9 Å². The molecule has 2 aromatic rings. The zero-order chi connectivity index (χ0) is 25.4. The molecular formula is C29H38N2O5. The number of amides is 1. The molecule has 1 aromatic carbocycles. The molecule has 7 nitrogen and oxygen atoms in total. The summed E-state index contributed by atoms with van der Waals surface area (Å²) in [7, 11) is 1.36. The van der Waals surface area contributed by atoms with Crippen molar-refractivity contribution in [2.75, 3.05) is 26.9 Å². The van der Waals surface area contributed by atoms with Crippen LogP contribution in [0.15, 0.2) is 42.6 Å². The van der Waals surface area contributed by atoms with E-state index in [-0.39, 0.29) is 17.9 Å². The summed E-state index contributed by atoms with van der Waals surface area (Å²) in [5.41, 5.74) is 1.58. The van der Waals surface area contributed by atoms with E-state index in [9.17, 15) is 9.59 Å². The zero-order valence-corrected chi connectivity index (χ0v) is 21.5. The molecule has 0 bridgehead atoms. The Bertz CT molecular complexity index is 993. The highest BCUT2D eigenvalue weighted by Crippen LogP contribution is 2.36. The molecule has 2 fully saturated rings. The molecule has 1 saturated heterocycles. The largest absolute Gasteiger partial charge is 0.478 e. The van der Waals surface area contributed by atoms with Crippen LogP contribution in [0.5, 0.6) is 5.88 Å². The van der Waals surface area contributed by atoms with Crippen LogP contribution in [0, 0.1) is 5.92 Å². The molecule has 7 heteroatoms. The first-order valence-corrected chi connectivity index (χ1v) is 13.2. The molecule has 4 rings (SSSR count). The fraction of sp³-hybridized carbons (Fsp3) is 0.552. The SMILES string of the molecule is COC(=O)c1ccc([C@H](C)NC(=O)C2(c3ccc(OCCC4CCCCC4)nc3)CCOCC2)cc1. The first-order valence-electron chi connectivity index (χ1n) is 13.2. The zero-order valence-electron chi connectivity index (χ0n) is 21.5. The number of pyridine rings is 1. The molecule has 2 heterocycles. The third-order valence-electron chi connectivity index (χ3n) is 7.75. The summed E-state index contributed by atoms with van der Waals surface area (Å²) in [6.45, 7) is 3.67. The monoisotopic (exact) mass is 494 g/mol. The Morgan fingerprint density at radius 1 is 1.08 bits per heavy atom. The van der Waals surface area contributed by atoms with Gasteiger partial charge in [0.25, 0.3) is 0 Å². The van der Waals surface area contributed by atoms with Crippen LogP contribution >= 0.6 is 0 Å². The minimum Gasteiger partial charge on any atom is -0.478 e. The molecule has 2 aliphatic rings. The number of nitrogens with zero attached hydrogens (tertiary/aromatic N) is 1. The van der Waals surface area contributed by atoms with Crippen molar-refractivity contribution in [3.05, 3.63) is 59.3 Å². The minimum absolute atomic E-state index is 0.0388. The van der Waals surface area contributed by atoms with E-state index in [1.54, 1.807) is 18.3 Å². The Balaban J connectivity index is 1.40. The molecule has 1 saturated carbocycles. The number of benzene rings is 1. The van der Waals surface area contributed by atoms with Gasteiger partial charge in [-0.05, 0) is 55.4 Å². The van der Waals surface area contributed by atoms with E-state index < -0.39 is 5.41 Å². The molecule has 1 atom stereocenters. The van der Waals surface area contributed by atoms with Crippen LogP contribution in [0.1, 0.15) is 85.8 Å². The predicted molar refractivity (Wildman–Crippen MR) is 137 cm³/mol. The van der Waals surface area contributed by atoms with Crippen LogP contribution in [0.25, 0.3) is 0 Å². The molecule has 0 spiro atoms. The maximum Gasteiger partial charge on any atom is 0.337 e. The number of rotatable bonds is 9. The number of nitrogens with one attached hydrogen (secondary N) is 1. The van der Waals surface area contributed by atoms with Gasteiger partial charge in [0.2, 0.25) is 11.8 Å². The highest BCUT2D eigenvalue weighted by Gasteiger charge is 2.42. The Hall–Kier alpha value is -2.93. The average molecular weight is 495 g/mol. The third kappa shape index (κ3) is 6.25. The van der Waals surface area contributed by atoms with Gasteiger partial charge in [0.05, 0.1) is 30.7 Å². The van der Waals surface area contributed by atoms with Crippen molar-refractivity contribution in [1.82, 2.24) is 10.3 Å². The summed E-state index contributed by atoms with van der Waals surface area (Å²) in [6.07, 6.45) is 10.7. The lowest BCUT2D eigenvalue weighted by atomic mass is 9.73. The van der Waals surface area contributed by atoms with E-state index in [0.717, 1.165) is 23.5 Å². The summed E-state index contributed by atoms with van der Waals surface area (Å²) < 4.78 is 16.3. The molecule has 194 valence electrons. The van der Waals surface area contributed by atoms with E-state index in [4.69, 9.17) is 14.2 Å². The number of hydrogen-bond acceptors (Lipinski definition) is 6. The van der Waals surface area contributed by atoms with Crippen LogP contribution in [-0.4, -0.2) is 43.8 Å². The molecular weight excluding hydrogens is 456 g/mol. The lowest BCUT2D eigenvalue weighted by molar-refractivity contribution is -0.131. The lowest BCUT2D eigenvalue weighted by Gasteiger charge is -2.37. The van der Waals surface area contributed by atoms with Gasteiger partial charge >= 0.3 is 5.97 Å². The number of hydrogen-bond donors (Lipinski definition) is 1. The fourth-order valence-electron chi connectivity index (χ4n) is 5.37. The predicted octanol–water partition coefficient (Wildman–Crippen LogP) is 5.14. The van der Waals surface area contributed by atoms with E-state index in [0.29, 0.717) is 44.1 Å². The second-order valence-electron chi connectivity index (χ2n) is 10.0. The van der Waals surface area contributed by atoms with Crippen molar-refractivity contribution in [2.45, 2.75) is 69.7 Å². The molecule has 1 amide bonds. The third-order valence-corrected chi connectivity index (χ3v) is 7.75. The van der Waals surface area contributed by atoms with Crippen LogP contribution < -0.4 is 10.1 Å². The summed E-state index contributed by atoms with van der Waals surface area (Å²) in [4.78, 5) is 29.9. The summed E-state index contributed by atoms with van der Waals surface area (Å²) in [5.74, 6) is 0.957. The second-order valence-corrected chi connectivity index (χ2v) is 10.0. The van der Waals surface area contributed by atoms with Gasteiger partial charge in [0, 0.05) is 25.5 Å². The summed E-state index contributed by atoms with van der Waals surface area (Å²) in [6, 6.07) is 10.7. The Morgan fingerprint density at radius 2 is 1.81 bits per heavy atom. The Morgan fingerprint density at radius 3 is 2.44 bits per heavy atom. The molecule has 0 radical (unpaired) electrons. The van der Waals surface area contributed by atoms with Gasteiger partial charge < -0.3 is 19.5 Å². The molecule has 36 heavy (non-hydrogen) atoms. The minimum atomic E-state index is -0.702. The van der Waals surface area contributed by atoms with Gasteiger partial charge in [-0.25, -0.2) is 9.78 Å².